The first-order valence-electron chi connectivity index (χ1n) is 9.46. The second-order valence-electron chi connectivity index (χ2n) is 7.34. The fourth-order valence-electron chi connectivity index (χ4n) is 4.11. The lowest BCUT2D eigenvalue weighted by atomic mass is 9.72. The van der Waals surface area contributed by atoms with Crippen LogP contribution in [0.25, 0.3) is 0 Å². The average Bonchev–Trinajstić information content (AvgIpc) is 2.70. The normalized spacial score (nSPS) is 45.2. The predicted octanol–water partition coefficient (Wildman–Crippen LogP) is -3.59. The Labute approximate surface area is 162 Å². The van der Waals surface area contributed by atoms with E-state index in [2.05, 4.69) is 0 Å². The van der Waals surface area contributed by atoms with E-state index in [1.807, 2.05) is 0 Å². The van der Waals surface area contributed by atoms with Gasteiger partial charge in [-0.3, -0.25) is 0 Å². The van der Waals surface area contributed by atoms with Crippen LogP contribution in [0.5, 0.6) is 0 Å². The molecule has 8 N–H and O–H groups in total. The Hall–Kier alpha value is -0.440. The number of aliphatic hydroxyl groups is 8. The lowest BCUT2D eigenvalue weighted by molar-refractivity contribution is -0.358. The Morgan fingerprint density at radius 3 is 1.79 bits per heavy atom. The van der Waals surface area contributed by atoms with E-state index in [9.17, 15) is 40.9 Å². The zero-order valence-corrected chi connectivity index (χ0v) is 15.9. The summed E-state index contributed by atoms with van der Waals surface area (Å²) >= 11 is 0. The van der Waals surface area contributed by atoms with Crippen LogP contribution in [0.15, 0.2) is 0 Å². The molecule has 0 amide bonds. The molecule has 0 radical (unpaired) electrons. The molecule has 0 bridgehead atoms. The van der Waals surface area contributed by atoms with Gasteiger partial charge in [-0.1, -0.05) is 13.8 Å². The molecule has 10 unspecified atom stereocenters. The zero-order chi connectivity index (χ0) is 21.2. The van der Waals surface area contributed by atoms with E-state index in [0.29, 0.717) is 0 Å². The second-order valence-corrected chi connectivity index (χ2v) is 7.34. The van der Waals surface area contributed by atoms with Crippen molar-refractivity contribution in [3.8, 4) is 0 Å². The van der Waals surface area contributed by atoms with E-state index in [1.165, 1.54) is 0 Å². The van der Waals surface area contributed by atoms with Crippen molar-refractivity contribution in [3.63, 3.8) is 0 Å². The molecular formula is C17H32O11. The molecule has 11 nitrogen and oxygen atoms in total. The summed E-state index contributed by atoms with van der Waals surface area (Å²) in [5, 5.41) is 79.6. The van der Waals surface area contributed by atoms with Crippen LogP contribution >= 0.6 is 0 Å². The molecule has 2 aliphatic heterocycles. The van der Waals surface area contributed by atoms with Gasteiger partial charge in [0.2, 0.25) is 0 Å². The van der Waals surface area contributed by atoms with Crippen molar-refractivity contribution in [2.24, 2.45) is 5.92 Å². The van der Waals surface area contributed by atoms with Gasteiger partial charge < -0.3 is 55.1 Å². The molecule has 0 aromatic heterocycles. The molecule has 0 aromatic rings. The van der Waals surface area contributed by atoms with Gasteiger partial charge in [0, 0.05) is 5.92 Å². The summed E-state index contributed by atoms with van der Waals surface area (Å²) in [6.07, 6.45) is -13.0. The molecule has 0 aromatic carbocycles. The molecule has 28 heavy (non-hydrogen) atoms. The monoisotopic (exact) mass is 412 g/mol. The predicted molar refractivity (Wildman–Crippen MR) is 91.6 cm³/mol. The van der Waals surface area contributed by atoms with Crippen molar-refractivity contribution < 1.29 is 55.1 Å². The van der Waals surface area contributed by atoms with Crippen molar-refractivity contribution in [2.45, 2.75) is 87.6 Å². The van der Waals surface area contributed by atoms with Crippen LogP contribution in [0.2, 0.25) is 0 Å². The Kier molecular flexibility index (Phi) is 8.15. The van der Waals surface area contributed by atoms with Gasteiger partial charge in [0.15, 0.2) is 12.6 Å². The third-order valence-electron chi connectivity index (χ3n) is 5.91. The summed E-state index contributed by atoms with van der Waals surface area (Å²) in [4.78, 5) is 0. The molecule has 0 aliphatic carbocycles. The minimum absolute atomic E-state index is 0.225. The average molecular weight is 412 g/mol. The van der Waals surface area contributed by atoms with Crippen LogP contribution in [0, 0.1) is 5.92 Å². The standard InChI is InChI=1S/C17H32O11/c1-3-17(4-2,9-7(5-18)26-15(25)13(23)11(9)21)28-16-14(24)12(22)10(20)8(6-19)27-16/h7-16,18-25H,3-6H2,1-2H3. The number of aliphatic hydroxyl groups excluding tert-OH is 8. The number of rotatable bonds is 7. The van der Waals surface area contributed by atoms with Gasteiger partial charge in [0.25, 0.3) is 0 Å². The maximum atomic E-state index is 10.6. The van der Waals surface area contributed by atoms with Crippen molar-refractivity contribution in [1.82, 2.24) is 0 Å². The third kappa shape index (κ3) is 4.20. The summed E-state index contributed by atoms with van der Waals surface area (Å²) in [5.74, 6) is -1.02. The smallest absolute Gasteiger partial charge is 0.187 e. The molecule has 10 atom stereocenters. The van der Waals surface area contributed by atoms with E-state index in [1.54, 1.807) is 13.8 Å². The molecule has 11 heteroatoms. The maximum Gasteiger partial charge on any atom is 0.187 e. The van der Waals surface area contributed by atoms with Crippen LogP contribution in [0.1, 0.15) is 26.7 Å². The lowest BCUT2D eigenvalue weighted by Crippen LogP contribution is -2.66. The van der Waals surface area contributed by atoms with Gasteiger partial charge in [0.05, 0.1) is 31.0 Å². The Morgan fingerprint density at radius 1 is 0.714 bits per heavy atom. The first-order chi connectivity index (χ1) is 13.2. The van der Waals surface area contributed by atoms with Crippen LogP contribution < -0.4 is 0 Å². The van der Waals surface area contributed by atoms with Gasteiger partial charge in [-0.2, -0.15) is 0 Å². The highest BCUT2D eigenvalue weighted by Crippen LogP contribution is 2.42. The highest BCUT2D eigenvalue weighted by Gasteiger charge is 2.56. The number of ether oxygens (including phenoxy) is 3. The molecule has 2 saturated heterocycles. The molecule has 0 saturated carbocycles. The molecule has 2 rings (SSSR count). The van der Waals surface area contributed by atoms with Crippen LogP contribution in [0.4, 0.5) is 0 Å². The van der Waals surface area contributed by atoms with E-state index in [0.717, 1.165) is 0 Å². The highest BCUT2D eigenvalue weighted by molar-refractivity contribution is 5.01. The minimum atomic E-state index is -1.69. The molecule has 166 valence electrons. The summed E-state index contributed by atoms with van der Waals surface area (Å²) < 4.78 is 16.6. The van der Waals surface area contributed by atoms with Crippen LogP contribution in [-0.2, 0) is 14.2 Å². The number of hydrogen-bond acceptors (Lipinski definition) is 11. The van der Waals surface area contributed by atoms with Crippen molar-refractivity contribution in [1.29, 1.82) is 0 Å². The topological polar surface area (TPSA) is 190 Å². The van der Waals surface area contributed by atoms with Crippen LogP contribution in [-0.4, -0.2) is 115 Å². The quantitative estimate of drug-likeness (QED) is 0.206. The Bertz CT molecular complexity index is 484. The van der Waals surface area contributed by atoms with E-state index >= 15 is 0 Å². The second kappa shape index (κ2) is 9.58. The molecule has 0 spiro atoms. The van der Waals surface area contributed by atoms with Crippen molar-refractivity contribution in [2.75, 3.05) is 13.2 Å². The number of hydrogen-bond donors (Lipinski definition) is 8. The minimum Gasteiger partial charge on any atom is -0.394 e. The Balaban J connectivity index is 2.34. The van der Waals surface area contributed by atoms with Gasteiger partial charge in [-0.25, -0.2) is 0 Å². The van der Waals surface area contributed by atoms with Gasteiger partial charge in [-0.05, 0) is 12.8 Å². The van der Waals surface area contributed by atoms with E-state index in [-0.39, 0.29) is 12.8 Å². The lowest BCUT2D eigenvalue weighted by Gasteiger charge is -2.52. The fraction of sp³-hybridized carbons (Fsp3) is 1.00. The SMILES string of the molecule is CCC(CC)(OC1OC(CO)C(O)C(O)C1O)C1C(CO)OC(O)C(O)C1O. The van der Waals surface area contributed by atoms with E-state index < -0.39 is 80.0 Å². The van der Waals surface area contributed by atoms with Gasteiger partial charge in [-0.15, -0.1) is 0 Å². The van der Waals surface area contributed by atoms with E-state index in [4.69, 9.17) is 14.2 Å². The molecule has 2 heterocycles. The van der Waals surface area contributed by atoms with Crippen molar-refractivity contribution in [3.05, 3.63) is 0 Å². The van der Waals surface area contributed by atoms with Gasteiger partial charge >= 0.3 is 0 Å². The summed E-state index contributed by atoms with van der Waals surface area (Å²) in [5.41, 5.74) is -1.30. The summed E-state index contributed by atoms with van der Waals surface area (Å²) in [6, 6.07) is 0. The Morgan fingerprint density at radius 2 is 1.29 bits per heavy atom. The maximum absolute atomic E-state index is 10.6. The highest BCUT2D eigenvalue weighted by atomic mass is 16.7. The van der Waals surface area contributed by atoms with Gasteiger partial charge in [0.1, 0.15) is 30.5 Å². The largest absolute Gasteiger partial charge is 0.394 e. The zero-order valence-electron chi connectivity index (χ0n) is 15.9. The fourth-order valence-corrected chi connectivity index (χ4v) is 4.11. The molecular weight excluding hydrogens is 380 g/mol. The first-order valence-corrected chi connectivity index (χ1v) is 9.46. The summed E-state index contributed by atoms with van der Waals surface area (Å²) in [7, 11) is 0. The third-order valence-corrected chi connectivity index (χ3v) is 5.91. The summed E-state index contributed by atoms with van der Waals surface area (Å²) in [6.45, 7) is 2.22. The molecule has 2 fully saturated rings. The first kappa shape index (κ1) is 23.8. The van der Waals surface area contributed by atoms with Crippen LogP contribution in [0.3, 0.4) is 0 Å². The molecule has 2 aliphatic rings. The van der Waals surface area contributed by atoms with Crippen molar-refractivity contribution >= 4 is 0 Å².